The van der Waals surface area contributed by atoms with Crippen LogP contribution in [0.3, 0.4) is 0 Å². The van der Waals surface area contributed by atoms with Gasteiger partial charge in [-0.25, -0.2) is 9.78 Å². The van der Waals surface area contributed by atoms with Gasteiger partial charge < -0.3 is 10.2 Å². The molecule has 0 unspecified atom stereocenters. The molecule has 1 aliphatic heterocycles. The lowest BCUT2D eigenvalue weighted by Gasteiger charge is -2.56. The second kappa shape index (κ2) is 6.79. The molecule has 1 saturated heterocycles. The molecule has 5 nitrogen and oxygen atoms in total. The van der Waals surface area contributed by atoms with Gasteiger partial charge in [0.2, 0.25) is 0 Å². The first-order chi connectivity index (χ1) is 12.7. The second-order valence-electron chi connectivity index (χ2n) is 9.41. The number of likely N-dealkylation sites (tertiary alicyclic amines) is 1. The highest BCUT2D eigenvalue weighted by molar-refractivity contribution is 7.13. The molecule has 6 rings (SSSR count). The highest BCUT2D eigenvalue weighted by Crippen LogP contribution is 2.55. The molecule has 5 fully saturated rings. The van der Waals surface area contributed by atoms with E-state index in [4.69, 9.17) is 0 Å². The number of piperidine rings is 1. The molecule has 5 aliphatic rings. The molecule has 0 radical (unpaired) electrons. The summed E-state index contributed by atoms with van der Waals surface area (Å²) in [4.78, 5) is 18.9. The summed E-state index contributed by atoms with van der Waals surface area (Å²) in [5.74, 6) is 2.54. The van der Waals surface area contributed by atoms with Crippen molar-refractivity contribution in [2.75, 3.05) is 18.4 Å². The van der Waals surface area contributed by atoms with Crippen molar-refractivity contribution in [3.8, 4) is 0 Å². The van der Waals surface area contributed by atoms with Crippen LogP contribution in [0.25, 0.3) is 0 Å². The molecule has 1 aromatic rings. The lowest BCUT2D eigenvalue weighted by Crippen LogP contribution is -3.11. The fourth-order valence-corrected chi connectivity index (χ4v) is 7.27. The van der Waals surface area contributed by atoms with Crippen molar-refractivity contribution in [1.29, 1.82) is 0 Å². The fraction of sp³-hybridized carbons (Fsp3) is 0.800. The third-order valence-electron chi connectivity index (χ3n) is 7.18. The van der Waals surface area contributed by atoms with Crippen LogP contribution in [0.2, 0.25) is 0 Å². The molecule has 1 aromatic heterocycles. The maximum absolute atomic E-state index is 12.6. The van der Waals surface area contributed by atoms with Crippen LogP contribution in [0.1, 0.15) is 63.5 Å². The number of hydrogen-bond acceptors (Lipinski definition) is 3. The Morgan fingerprint density at radius 1 is 1.12 bits per heavy atom. The number of rotatable bonds is 4. The van der Waals surface area contributed by atoms with E-state index in [0.717, 1.165) is 35.1 Å². The number of urea groups is 1. The number of nitrogens with zero attached hydrogens (tertiary/aromatic N) is 1. The first kappa shape index (κ1) is 17.0. The SMILES string of the molecule is O=C(Nc1nc(C[NH+]2CCCCC2)cs1)NC12CC3CC(CC(C3)C1)C2. The summed E-state index contributed by atoms with van der Waals surface area (Å²) >= 11 is 1.56. The van der Waals surface area contributed by atoms with Crippen molar-refractivity contribution < 1.29 is 9.69 Å². The Kier molecular flexibility index (Phi) is 4.44. The van der Waals surface area contributed by atoms with E-state index in [2.05, 4.69) is 21.0 Å². The minimum absolute atomic E-state index is 0.0434. The highest BCUT2D eigenvalue weighted by atomic mass is 32.1. The zero-order valence-corrected chi connectivity index (χ0v) is 16.4. The molecule has 2 amide bonds. The van der Waals surface area contributed by atoms with Gasteiger partial charge in [0.05, 0.1) is 13.1 Å². The second-order valence-corrected chi connectivity index (χ2v) is 10.3. The average molecular weight is 376 g/mol. The number of carbonyl (C=O) groups excluding carboxylic acids is 1. The Bertz CT molecular complexity index is 631. The van der Waals surface area contributed by atoms with E-state index in [1.165, 1.54) is 70.9 Å². The van der Waals surface area contributed by atoms with Crippen LogP contribution in [0.15, 0.2) is 5.38 Å². The predicted molar refractivity (Wildman–Crippen MR) is 103 cm³/mol. The molecule has 0 spiro atoms. The van der Waals surface area contributed by atoms with E-state index in [1.807, 2.05) is 0 Å². The van der Waals surface area contributed by atoms with E-state index >= 15 is 0 Å². The van der Waals surface area contributed by atoms with Crippen LogP contribution in [0.5, 0.6) is 0 Å². The molecule has 6 heteroatoms. The minimum atomic E-state index is -0.0434. The summed E-state index contributed by atoms with van der Waals surface area (Å²) in [6, 6.07) is -0.0434. The molecule has 4 saturated carbocycles. The van der Waals surface area contributed by atoms with Crippen molar-refractivity contribution in [2.24, 2.45) is 17.8 Å². The molecule has 4 aliphatic carbocycles. The van der Waals surface area contributed by atoms with Gasteiger partial charge in [-0.05, 0) is 75.5 Å². The standard InChI is InChI=1S/C20H30N4OS/c25-18(23-20-9-14-6-15(10-20)8-16(7-14)11-20)22-19-21-17(13-26-19)12-24-4-2-1-3-5-24/h13-16H,1-12H2,(H2,21,22,23,25)/p+1. The van der Waals surface area contributed by atoms with Crippen molar-refractivity contribution in [3.05, 3.63) is 11.1 Å². The number of hydrogen-bond donors (Lipinski definition) is 3. The molecule has 3 N–H and O–H groups in total. The zero-order chi connectivity index (χ0) is 17.6. The molecule has 0 aromatic carbocycles. The Hall–Kier alpha value is -1.14. The van der Waals surface area contributed by atoms with E-state index in [-0.39, 0.29) is 11.6 Å². The lowest BCUT2D eigenvalue weighted by atomic mass is 9.53. The summed E-state index contributed by atoms with van der Waals surface area (Å²) in [6.07, 6.45) is 11.8. The van der Waals surface area contributed by atoms with Crippen molar-refractivity contribution in [1.82, 2.24) is 10.3 Å². The fourth-order valence-electron chi connectivity index (χ4n) is 6.56. The number of anilines is 1. The average Bonchev–Trinajstić information content (AvgIpc) is 3.00. The number of aromatic nitrogens is 1. The third-order valence-corrected chi connectivity index (χ3v) is 7.99. The smallest absolute Gasteiger partial charge is 0.321 e. The summed E-state index contributed by atoms with van der Waals surface area (Å²) in [5.41, 5.74) is 1.19. The Morgan fingerprint density at radius 3 is 2.42 bits per heavy atom. The van der Waals surface area contributed by atoms with Crippen molar-refractivity contribution in [2.45, 2.75) is 69.9 Å². The van der Waals surface area contributed by atoms with E-state index < -0.39 is 0 Å². The Balaban J connectivity index is 1.17. The van der Waals surface area contributed by atoms with Crippen LogP contribution >= 0.6 is 11.3 Å². The number of amides is 2. The van der Waals surface area contributed by atoms with Gasteiger partial charge in [0.15, 0.2) is 5.13 Å². The van der Waals surface area contributed by atoms with Gasteiger partial charge in [-0.1, -0.05) is 0 Å². The first-order valence-corrected chi connectivity index (χ1v) is 11.4. The Labute approximate surface area is 159 Å². The number of quaternary nitrogens is 1. The van der Waals surface area contributed by atoms with Gasteiger partial charge >= 0.3 is 6.03 Å². The van der Waals surface area contributed by atoms with Crippen molar-refractivity contribution in [3.63, 3.8) is 0 Å². The zero-order valence-electron chi connectivity index (χ0n) is 15.6. The topological polar surface area (TPSA) is 58.5 Å². The number of nitrogens with one attached hydrogen (secondary N) is 3. The molecule has 4 bridgehead atoms. The van der Waals surface area contributed by atoms with E-state index in [9.17, 15) is 4.79 Å². The van der Waals surface area contributed by atoms with E-state index in [0.29, 0.717) is 0 Å². The van der Waals surface area contributed by atoms with Gasteiger partial charge in [0.25, 0.3) is 0 Å². The van der Waals surface area contributed by atoms with Crippen LogP contribution in [-0.4, -0.2) is 29.6 Å². The van der Waals surface area contributed by atoms with Gasteiger partial charge in [-0.15, -0.1) is 11.3 Å². The summed E-state index contributed by atoms with van der Waals surface area (Å²) < 4.78 is 0. The summed E-state index contributed by atoms with van der Waals surface area (Å²) in [5, 5.41) is 9.26. The number of thiazole rings is 1. The van der Waals surface area contributed by atoms with Crippen LogP contribution in [0, 0.1) is 17.8 Å². The lowest BCUT2D eigenvalue weighted by molar-refractivity contribution is -0.918. The quantitative estimate of drug-likeness (QED) is 0.758. The predicted octanol–water partition coefficient (Wildman–Crippen LogP) is 2.80. The van der Waals surface area contributed by atoms with Gasteiger partial charge in [-0.2, -0.15) is 0 Å². The third kappa shape index (κ3) is 3.50. The number of carbonyl (C=O) groups is 1. The van der Waals surface area contributed by atoms with Gasteiger partial charge in [0, 0.05) is 10.9 Å². The molecular weight excluding hydrogens is 344 g/mol. The van der Waals surface area contributed by atoms with Crippen LogP contribution in [-0.2, 0) is 6.54 Å². The summed E-state index contributed by atoms with van der Waals surface area (Å²) in [6.45, 7) is 3.51. The van der Waals surface area contributed by atoms with E-state index in [1.54, 1.807) is 16.2 Å². The molecule has 142 valence electrons. The maximum Gasteiger partial charge on any atom is 0.321 e. The monoisotopic (exact) mass is 375 g/mol. The van der Waals surface area contributed by atoms with Crippen LogP contribution < -0.4 is 15.5 Å². The maximum atomic E-state index is 12.6. The largest absolute Gasteiger partial charge is 0.332 e. The molecule has 0 atom stereocenters. The molecule has 26 heavy (non-hydrogen) atoms. The molecule has 2 heterocycles. The van der Waals surface area contributed by atoms with Gasteiger partial charge in [0.1, 0.15) is 12.2 Å². The van der Waals surface area contributed by atoms with Crippen molar-refractivity contribution >= 4 is 22.5 Å². The molecular formula is C20H31N4OS+. The first-order valence-electron chi connectivity index (χ1n) is 10.5. The highest BCUT2D eigenvalue weighted by Gasteiger charge is 2.51. The Morgan fingerprint density at radius 2 is 1.77 bits per heavy atom. The normalized spacial score (nSPS) is 36.2. The summed E-state index contributed by atoms with van der Waals surface area (Å²) in [7, 11) is 0. The van der Waals surface area contributed by atoms with Crippen LogP contribution in [0.4, 0.5) is 9.93 Å². The minimum Gasteiger partial charge on any atom is -0.332 e. The van der Waals surface area contributed by atoms with Gasteiger partial charge in [-0.3, -0.25) is 5.32 Å².